The average Bonchev–Trinajstić information content (AvgIpc) is 2.59. The van der Waals surface area contributed by atoms with E-state index in [0.717, 1.165) is 29.7 Å². The lowest BCUT2D eigenvalue weighted by Crippen LogP contribution is -1.94. The summed E-state index contributed by atoms with van der Waals surface area (Å²) < 4.78 is 0. The summed E-state index contributed by atoms with van der Waals surface area (Å²) in [5.41, 5.74) is 6.50. The predicted octanol–water partition coefficient (Wildman–Crippen LogP) is 5.81. The Morgan fingerprint density at radius 1 is 0.864 bits per heavy atom. The van der Waals surface area contributed by atoms with E-state index in [2.05, 4.69) is 75.4 Å². The first-order valence-electron chi connectivity index (χ1n) is 8.11. The van der Waals surface area contributed by atoms with Crippen molar-refractivity contribution in [1.82, 2.24) is 0 Å². The van der Waals surface area contributed by atoms with Gasteiger partial charge in [0.1, 0.15) is 0 Å². The molecule has 0 aliphatic heterocycles. The van der Waals surface area contributed by atoms with Crippen LogP contribution in [0.25, 0.3) is 6.08 Å². The monoisotopic (exact) mass is 308 g/mol. The van der Waals surface area contributed by atoms with Crippen molar-refractivity contribution in [2.75, 3.05) is 0 Å². The van der Waals surface area contributed by atoms with E-state index in [0.29, 0.717) is 0 Å². The first-order chi connectivity index (χ1) is 10.7. The third kappa shape index (κ3) is 4.14. The van der Waals surface area contributed by atoms with Crippen LogP contribution in [0.15, 0.2) is 48.5 Å². The van der Waals surface area contributed by atoms with Gasteiger partial charge in [0.05, 0.1) is 0 Å². The normalized spacial score (nSPS) is 11.0. The zero-order valence-electron chi connectivity index (χ0n) is 13.7. The van der Waals surface area contributed by atoms with Gasteiger partial charge in [-0.25, -0.2) is 0 Å². The molecule has 0 radical (unpaired) electrons. The summed E-state index contributed by atoms with van der Waals surface area (Å²) in [6, 6.07) is 15.3. The van der Waals surface area contributed by atoms with Gasteiger partial charge >= 0.3 is 0 Å². The van der Waals surface area contributed by atoms with Crippen molar-refractivity contribution in [2.45, 2.75) is 40.0 Å². The highest BCUT2D eigenvalue weighted by Crippen LogP contribution is 2.16. The molecule has 0 saturated carbocycles. The molecule has 0 saturated heterocycles. The summed E-state index contributed by atoms with van der Waals surface area (Å²) >= 11 is 5.55. The summed E-state index contributed by atoms with van der Waals surface area (Å²) in [7, 11) is 0. The minimum atomic E-state index is 0.895. The molecule has 0 heterocycles. The molecule has 0 bridgehead atoms. The van der Waals surface area contributed by atoms with Gasteiger partial charge in [0, 0.05) is 4.86 Å². The molecule has 114 valence electrons. The molecule has 0 aliphatic carbocycles. The third-order valence-electron chi connectivity index (χ3n) is 4.06. The molecular formula is C21H24S. The lowest BCUT2D eigenvalue weighted by molar-refractivity contribution is 1.09. The Kier molecular flexibility index (Phi) is 6.09. The van der Waals surface area contributed by atoms with Crippen molar-refractivity contribution in [3.05, 3.63) is 76.4 Å². The molecule has 0 aliphatic rings. The zero-order chi connectivity index (χ0) is 15.9. The third-order valence-corrected chi connectivity index (χ3v) is 4.43. The Morgan fingerprint density at radius 3 is 2.09 bits per heavy atom. The standard InChI is InChI=1S/C21H24S/c1-4-16-7-11-19(12-8-16)21(22)14-13-20-15-17(5-2)9-10-18(20)6-3/h7-15H,4-6H2,1-3H3. The van der Waals surface area contributed by atoms with Crippen LogP contribution in [0.2, 0.25) is 0 Å². The van der Waals surface area contributed by atoms with Crippen LogP contribution >= 0.6 is 12.2 Å². The van der Waals surface area contributed by atoms with Gasteiger partial charge in [0.2, 0.25) is 0 Å². The first kappa shape index (κ1) is 16.6. The fraction of sp³-hybridized carbons (Fsp3) is 0.286. The summed E-state index contributed by atoms with van der Waals surface area (Å²) in [6.07, 6.45) is 7.39. The number of thiocarbonyl (C=S) groups is 1. The lowest BCUT2D eigenvalue weighted by atomic mass is 9.99. The van der Waals surface area contributed by atoms with Gasteiger partial charge in [-0.1, -0.05) is 81.5 Å². The largest absolute Gasteiger partial charge is 0.0795 e. The fourth-order valence-electron chi connectivity index (χ4n) is 2.51. The molecular weight excluding hydrogens is 284 g/mol. The van der Waals surface area contributed by atoms with Gasteiger partial charge in [0.15, 0.2) is 0 Å². The van der Waals surface area contributed by atoms with E-state index >= 15 is 0 Å². The van der Waals surface area contributed by atoms with Crippen LogP contribution in [0.1, 0.15) is 48.6 Å². The lowest BCUT2D eigenvalue weighted by Gasteiger charge is -2.06. The van der Waals surface area contributed by atoms with E-state index in [1.807, 2.05) is 0 Å². The van der Waals surface area contributed by atoms with E-state index in [1.165, 1.54) is 22.3 Å². The maximum Gasteiger partial charge on any atom is 0.0449 e. The second-order valence-corrected chi connectivity index (χ2v) is 5.93. The highest BCUT2D eigenvalue weighted by Gasteiger charge is 2.01. The van der Waals surface area contributed by atoms with Crippen LogP contribution < -0.4 is 0 Å². The molecule has 0 atom stereocenters. The summed E-state index contributed by atoms with van der Waals surface area (Å²) in [6.45, 7) is 6.55. The summed E-state index contributed by atoms with van der Waals surface area (Å²) in [5, 5.41) is 0. The van der Waals surface area contributed by atoms with Crippen LogP contribution in [0.5, 0.6) is 0 Å². The van der Waals surface area contributed by atoms with Gasteiger partial charge < -0.3 is 0 Å². The van der Waals surface area contributed by atoms with Crippen molar-refractivity contribution in [2.24, 2.45) is 0 Å². The molecule has 2 aromatic rings. The van der Waals surface area contributed by atoms with Crippen LogP contribution in [0.3, 0.4) is 0 Å². The number of hydrogen-bond acceptors (Lipinski definition) is 1. The van der Waals surface area contributed by atoms with Crippen LogP contribution in [-0.4, -0.2) is 4.86 Å². The fourth-order valence-corrected chi connectivity index (χ4v) is 2.71. The van der Waals surface area contributed by atoms with Crippen LogP contribution in [0, 0.1) is 0 Å². The average molecular weight is 308 g/mol. The maximum atomic E-state index is 5.55. The molecule has 0 fully saturated rings. The summed E-state index contributed by atoms with van der Waals surface area (Å²) in [5.74, 6) is 0. The molecule has 22 heavy (non-hydrogen) atoms. The van der Waals surface area contributed by atoms with Crippen LogP contribution in [-0.2, 0) is 19.3 Å². The second kappa shape index (κ2) is 8.05. The van der Waals surface area contributed by atoms with E-state index in [9.17, 15) is 0 Å². The molecule has 0 spiro atoms. The van der Waals surface area contributed by atoms with E-state index in [-0.39, 0.29) is 0 Å². The highest BCUT2D eigenvalue weighted by molar-refractivity contribution is 7.81. The van der Waals surface area contributed by atoms with Crippen LogP contribution in [0.4, 0.5) is 0 Å². The minimum absolute atomic E-state index is 0.895. The Labute approximate surface area is 139 Å². The number of allylic oxidation sites excluding steroid dienone is 1. The molecule has 0 aromatic heterocycles. The Bertz CT molecular complexity index is 663. The minimum Gasteiger partial charge on any atom is -0.0795 e. The molecule has 2 rings (SSSR count). The molecule has 2 aromatic carbocycles. The van der Waals surface area contributed by atoms with E-state index in [4.69, 9.17) is 12.2 Å². The quantitative estimate of drug-likeness (QED) is 0.369. The van der Waals surface area contributed by atoms with Crippen molar-refractivity contribution < 1.29 is 0 Å². The van der Waals surface area contributed by atoms with Gasteiger partial charge in [-0.15, -0.1) is 0 Å². The van der Waals surface area contributed by atoms with Gasteiger partial charge in [0.25, 0.3) is 0 Å². The van der Waals surface area contributed by atoms with Crippen molar-refractivity contribution >= 4 is 23.2 Å². The smallest absolute Gasteiger partial charge is 0.0449 e. The molecule has 0 N–H and O–H groups in total. The molecule has 0 amide bonds. The molecule has 0 unspecified atom stereocenters. The maximum absolute atomic E-state index is 5.55. The predicted molar refractivity (Wildman–Crippen MR) is 102 cm³/mol. The SMILES string of the molecule is CCc1ccc(C(=S)C=Cc2cc(CC)ccc2CC)cc1. The van der Waals surface area contributed by atoms with Gasteiger partial charge in [-0.3, -0.25) is 0 Å². The second-order valence-electron chi connectivity index (χ2n) is 5.49. The van der Waals surface area contributed by atoms with E-state index < -0.39 is 0 Å². The van der Waals surface area contributed by atoms with Gasteiger partial charge in [-0.2, -0.15) is 0 Å². The first-order valence-corrected chi connectivity index (χ1v) is 8.51. The van der Waals surface area contributed by atoms with Gasteiger partial charge in [-0.05, 0) is 53.2 Å². The Balaban J connectivity index is 2.21. The topological polar surface area (TPSA) is 0 Å². The zero-order valence-corrected chi connectivity index (χ0v) is 14.5. The number of benzene rings is 2. The Hall–Kier alpha value is -1.73. The number of aryl methyl sites for hydroxylation is 3. The molecule has 0 nitrogen and oxygen atoms in total. The Morgan fingerprint density at radius 2 is 1.50 bits per heavy atom. The summed E-state index contributed by atoms with van der Waals surface area (Å²) in [4.78, 5) is 0.895. The van der Waals surface area contributed by atoms with Crippen molar-refractivity contribution in [1.29, 1.82) is 0 Å². The highest BCUT2D eigenvalue weighted by atomic mass is 32.1. The van der Waals surface area contributed by atoms with Crippen molar-refractivity contribution in [3.8, 4) is 0 Å². The number of hydrogen-bond donors (Lipinski definition) is 0. The molecule has 1 heteroatoms. The van der Waals surface area contributed by atoms with E-state index in [1.54, 1.807) is 0 Å². The van der Waals surface area contributed by atoms with Crippen molar-refractivity contribution in [3.63, 3.8) is 0 Å². The number of rotatable bonds is 6.